The molecule has 0 bridgehead atoms. The van der Waals surface area contributed by atoms with E-state index in [-0.39, 0.29) is 41.1 Å². The number of ether oxygens (including phenoxy) is 4. The zero-order valence-electron chi connectivity index (χ0n) is 18.8. The Labute approximate surface area is 213 Å². The fourth-order valence-corrected chi connectivity index (χ4v) is 3.40. The van der Waals surface area contributed by atoms with Crippen LogP contribution in [0.2, 0.25) is 0 Å². The third-order valence-electron chi connectivity index (χ3n) is 3.78. The molecule has 0 amide bonds. The van der Waals surface area contributed by atoms with Gasteiger partial charge in [0.1, 0.15) is 28.7 Å². The van der Waals surface area contributed by atoms with Gasteiger partial charge in [-0.15, -0.1) is 11.8 Å². The fourth-order valence-electron chi connectivity index (χ4n) is 2.20. The average Bonchev–Trinajstić information content (AvgIpc) is 3.10. The molecule has 1 aliphatic heterocycles. The maximum atomic E-state index is 11.2. The monoisotopic (exact) mass is 481 g/mol. The van der Waals surface area contributed by atoms with Crippen LogP contribution >= 0.6 is 11.8 Å². The number of aliphatic imine (C=N–C) groups is 1. The van der Waals surface area contributed by atoms with Crippen molar-refractivity contribution in [2.24, 2.45) is 4.99 Å². The van der Waals surface area contributed by atoms with Crippen molar-refractivity contribution in [3.8, 4) is 11.5 Å². The minimum atomic E-state index is -1.27. The summed E-state index contributed by atoms with van der Waals surface area (Å²) in [5.41, 5.74) is -0.798. The van der Waals surface area contributed by atoms with Crippen molar-refractivity contribution in [1.82, 2.24) is 0 Å². The predicted octanol–water partition coefficient (Wildman–Crippen LogP) is -2.45. The molecule has 10 nitrogen and oxygen atoms in total. The van der Waals surface area contributed by atoms with Crippen LogP contribution in [0, 0.1) is 0 Å². The summed E-state index contributed by atoms with van der Waals surface area (Å²) in [7, 11) is 1.62. The molecule has 1 aromatic carbocycles. The number of aliphatic carboxylic acids is 2. The van der Waals surface area contributed by atoms with Crippen LogP contribution in [0.15, 0.2) is 23.2 Å². The molecular formula is C20H28NNaO9S. The molecule has 2 rings (SSSR count). The van der Waals surface area contributed by atoms with Crippen molar-refractivity contribution in [2.45, 2.75) is 19.4 Å². The van der Waals surface area contributed by atoms with Gasteiger partial charge in [-0.3, -0.25) is 9.79 Å². The van der Waals surface area contributed by atoms with E-state index >= 15 is 0 Å². The minimum Gasteiger partial charge on any atom is -0.547 e. The van der Waals surface area contributed by atoms with Gasteiger partial charge >= 0.3 is 29.6 Å². The average molecular weight is 481 g/mol. The van der Waals surface area contributed by atoms with Crippen molar-refractivity contribution in [3.05, 3.63) is 23.8 Å². The predicted molar refractivity (Wildman–Crippen MR) is 113 cm³/mol. The Bertz CT molecular complexity index is 759. The number of methoxy groups -OCH3 is 1. The third-order valence-corrected chi connectivity index (χ3v) is 5.07. The first-order chi connectivity index (χ1) is 14.7. The van der Waals surface area contributed by atoms with E-state index in [1.54, 1.807) is 19.2 Å². The minimum absolute atomic E-state index is 0. The quantitative estimate of drug-likeness (QED) is 0.244. The standard InChI is InChI=1S/C18H25NO7S.C2H4O2.Na/c1-18(17(21)22)12-27-16(19-18)14-4-3-13(11-15(14)20)26-10-9-25-8-7-24-6-5-23-2;1-2(3)4;/h3-4,11,20H,5-10,12H2,1-2H3,(H,21,22);1H3,(H,3,4);/q;;+1/p-1/t18-;;/m1../s1. The summed E-state index contributed by atoms with van der Waals surface area (Å²) in [6.07, 6.45) is 0. The number of carboxylic acid groups (broad SMARTS) is 2. The summed E-state index contributed by atoms with van der Waals surface area (Å²) in [5.74, 6) is -1.32. The van der Waals surface area contributed by atoms with Gasteiger partial charge in [-0.2, -0.15) is 0 Å². The molecule has 0 aliphatic carbocycles. The molecule has 174 valence electrons. The van der Waals surface area contributed by atoms with Crippen LogP contribution in [0.5, 0.6) is 11.5 Å². The molecule has 1 atom stereocenters. The second-order valence-corrected chi connectivity index (χ2v) is 7.49. The number of rotatable bonds is 12. The summed E-state index contributed by atoms with van der Waals surface area (Å²) >= 11 is 1.27. The molecule has 0 saturated heterocycles. The van der Waals surface area contributed by atoms with E-state index in [1.165, 1.54) is 24.8 Å². The number of carbonyl (C=O) groups is 2. The maximum Gasteiger partial charge on any atom is 1.00 e. The Morgan fingerprint density at radius 1 is 1.16 bits per heavy atom. The van der Waals surface area contributed by atoms with E-state index < -0.39 is 17.5 Å². The zero-order chi connectivity index (χ0) is 23.3. The van der Waals surface area contributed by atoms with E-state index in [4.69, 9.17) is 28.8 Å². The molecule has 0 unspecified atom stereocenters. The van der Waals surface area contributed by atoms with Gasteiger partial charge in [0.25, 0.3) is 5.97 Å². The number of carbonyl (C=O) groups excluding carboxylic acids is 1. The van der Waals surface area contributed by atoms with Crippen molar-refractivity contribution in [1.29, 1.82) is 0 Å². The number of nitrogens with zero attached hydrogens (tertiary/aromatic N) is 1. The molecular weight excluding hydrogens is 453 g/mol. The first kappa shape index (κ1) is 30.7. The van der Waals surface area contributed by atoms with E-state index in [9.17, 15) is 15.0 Å². The molecule has 32 heavy (non-hydrogen) atoms. The van der Waals surface area contributed by atoms with Crippen molar-refractivity contribution in [2.75, 3.05) is 52.5 Å². The molecule has 0 radical (unpaired) electrons. The smallest absolute Gasteiger partial charge is 0.547 e. The van der Waals surface area contributed by atoms with Gasteiger partial charge in [0.2, 0.25) is 0 Å². The topological polar surface area (TPSA) is 147 Å². The third kappa shape index (κ3) is 11.5. The summed E-state index contributed by atoms with van der Waals surface area (Å²) in [4.78, 5) is 24.3. The van der Waals surface area contributed by atoms with Crippen LogP contribution in [0.4, 0.5) is 0 Å². The SMILES string of the molecule is CC(=O)O.COCCOCCOCCOc1ccc(C2=N[C@@](C)(C(=O)[O-])CS2)c(O)c1.[Na+]. The zero-order valence-corrected chi connectivity index (χ0v) is 21.6. The second-order valence-electron chi connectivity index (χ2n) is 6.53. The Morgan fingerprint density at radius 2 is 1.72 bits per heavy atom. The van der Waals surface area contributed by atoms with Crippen LogP contribution in [-0.2, 0) is 23.8 Å². The number of aromatic hydroxyl groups is 1. The first-order valence-electron chi connectivity index (χ1n) is 9.44. The van der Waals surface area contributed by atoms with Gasteiger partial charge in [-0.05, 0) is 19.1 Å². The van der Waals surface area contributed by atoms with Gasteiger partial charge in [0.15, 0.2) is 0 Å². The van der Waals surface area contributed by atoms with E-state index in [0.29, 0.717) is 56.0 Å². The molecule has 12 heteroatoms. The van der Waals surface area contributed by atoms with Gasteiger partial charge < -0.3 is 39.1 Å². The molecule has 2 N–H and O–H groups in total. The van der Waals surface area contributed by atoms with Crippen molar-refractivity contribution < 1.29 is 73.4 Å². The van der Waals surface area contributed by atoms with Crippen molar-refractivity contribution in [3.63, 3.8) is 0 Å². The van der Waals surface area contributed by atoms with Crippen LogP contribution in [-0.4, -0.2) is 85.2 Å². The molecule has 1 aromatic rings. The molecule has 1 heterocycles. The summed E-state index contributed by atoms with van der Waals surface area (Å²) in [6, 6.07) is 4.82. The molecule has 1 aliphatic rings. The Morgan fingerprint density at radius 3 is 2.22 bits per heavy atom. The molecule has 0 aromatic heterocycles. The van der Waals surface area contributed by atoms with Crippen LogP contribution in [0.3, 0.4) is 0 Å². The van der Waals surface area contributed by atoms with Crippen LogP contribution in [0.1, 0.15) is 19.4 Å². The summed E-state index contributed by atoms with van der Waals surface area (Å²) in [6.45, 7) is 5.35. The Hall–Kier alpha value is -1.34. The molecule has 0 saturated carbocycles. The molecule has 0 spiro atoms. The number of hydrogen-bond donors (Lipinski definition) is 2. The number of phenolic OH excluding ortho intramolecular Hbond substituents is 1. The van der Waals surface area contributed by atoms with Crippen molar-refractivity contribution >= 4 is 28.7 Å². The molecule has 0 fully saturated rings. The van der Waals surface area contributed by atoms with E-state index in [2.05, 4.69) is 4.99 Å². The number of thioether (sulfide) groups is 1. The number of phenols is 1. The number of carboxylic acids is 2. The Balaban J connectivity index is 0.00000177. The summed E-state index contributed by atoms with van der Waals surface area (Å²) < 4.78 is 21.0. The van der Waals surface area contributed by atoms with E-state index in [1.807, 2.05) is 0 Å². The van der Waals surface area contributed by atoms with Crippen LogP contribution in [0.25, 0.3) is 0 Å². The van der Waals surface area contributed by atoms with Gasteiger partial charge in [0.05, 0.1) is 39.0 Å². The first-order valence-corrected chi connectivity index (χ1v) is 10.4. The van der Waals surface area contributed by atoms with Crippen LogP contribution < -0.4 is 39.4 Å². The van der Waals surface area contributed by atoms with Gasteiger partial charge in [0, 0.05) is 31.4 Å². The van der Waals surface area contributed by atoms with Gasteiger partial charge in [-0.1, -0.05) is 0 Å². The fraction of sp³-hybridized carbons (Fsp3) is 0.550. The maximum absolute atomic E-state index is 11.2. The van der Waals surface area contributed by atoms with E-state index in [0.717, 1.165) is 6.92 Å². The normalized spacial score (nSPS) is 16.9. The summed E-state index contributed by atoms with van der Waals surface area (Å²) in [5, 5.41) is 29.3. The van der Waals surface area contributed by atoms with Gasteiger partial charge in [-0.25, -0.2) is 0 Å². The second kappa shape index (κ2) is 16.3. The Kier molecular flexibility index (Phi) is 15.6. The number of hydrogen-bond acceptors (Lipinski definition) is 10. The largest absolute Gasteiger partial charge is 1.00 e. The number of benzene rings is 1.